The Morgan fingerprint density at radius 1 is 1.21 bits per heavy atom. The predicted octanol–water partition coefficient (Wildman–Crippen LogP) is 2.05. The van der Waals surface area contributed by atoms with E-state index in [0.717, 1.165) is 37.2 Å². The van der Waals surface area contributed by atoms with Crippen LogP contribution < -0.4 is 15.0 Å². The summed E-state index contributed by atoms with van der Waals surface area (Å²) in [6.45, 7) is 5.71. The van der Waals surface area contributed by atoms with Gasteiger partial charge in [0, 0.05) is 32.2 Å². The number of anilines is 1. The number of likely N-dealkylation sites (N-methyl/N-ethyl adjacent to an activating group) is 1. The highest BCUT2D eigenvalue weighted by Crippen LogP contribution is 2.34. The van der Waals surface area contributed by atoms with Crippen LogP contribution in [0.2, 0.25) is 0 Å². The van der Waals surface area contributed by atoms with Gasteiger partial charge < -0.3 is 24.6 Å². The first kappa shape index (κ1) is 20.5. The van der Waals surface area contributed by atoms with Crippen molar-refractivity contribution >= 4 is 17.5 Å². The smallest absolute Gasteiger partial charge is 0.254 e. The van der Waals surface area contributed by atoms with Gasteiger partial charge >= 0.3 is 0 Å². The van der Waals surface area contributed by atoms with Crippen molar-refractivity contribution in [2.24, 2.45) is 0 Å². The molecule has 2 amide bonds. The second-order valence-corrected chi connectivity index (χ2v) is 7.42. The van der Waals surface area contributed by atoms with Crippen LogP contribution in [0.15, 0.2) is 18.2 Å². The first-order valence-corrected chi connectivity index (χ1v) is 10.2. The number of carbonyl (C=O) groups is 2. The van der Waals surface area contributed by atoms with Gasteiger partial charge in [0.25, 0.3) is 5.91 Å². The lowest BCUT2D eigenvalue weighted by atomic mass is 10.1. The number of morpholine rings is 1. The number of carbonyl (C=O) groups excluding carboxylic acids is 2. The van der Waals surface area contributed by atoms with Crippen molar-refractivity contribution in [1.29, 1.82) is 0 Å². The Balaban J connectivity index is 1.63. The van der Waals surface area contributed by atoms with Crippen LogP contribution in [0.1, 0.15) is 43.0 Å². The first-order valence-electron chi connectivity index (χ1n) is 10.2. The number of nitrogens with zero attached hydrogens (tertiary/aromatic N) is 2. The van der Waals surface area contributed by atoms with Gasteiger partial charge in [-0.15, -0.1) is 0 Å². The van der Waals surface area contributed by atoms with Crippen LogP contribution in [0.25, 0.3) is 0 Å². The van der Waals surface area contributed by atoms with E-state index in [0.29, 0.717) is 44.9 Å². The molecule has 0 aliphatic carbocycles. The van der Waals surface area contributed by atoms with E-state index >= 15 is 0 Å². The molecule has 0 saturated carbocycles. The standard InChI is InChI=1S/C21H31N3O4/c1-3-4-5-8-22-20(25)14-17-15-28-19-7-6-16(13-18(19)23(17)2)21(26)24-9-11-27-12-10-24/h6-7,13,17H,3-5,8-12,14-15H2,1-2H3,(H,22,25)/t17-/m1/s1. The summed E-state index contributed by atoms with van der Waals surface area (Å²) < 4.78 is 11.2. The number of benzene rings is 1. The van der Waals surface area contributed by atoms with Crippen LogP contribution >= 0.6 is 0 Å². The molecule has 1 N–H and O–H groups in total. The molecule has 1 aromatic rings. The summed E-state index contributed by atoms with van der Waals surface area (Å²) in [6.07, 6.45) is 3.65. The van der Waals surface area contributed by atoms with Crippen LogP contribution in [0.3, 0.4) is 0 Å². The maximum Gasteiger partial charge on any atom is 0.254 e. The van der Waals surface area contributed by atoms with E-state index < -0.39 is 0 Å². The molecular weight excluding hydrogens is 358 g/mol. The lowest BCUT2D eigenvalue weighted by Gasteiger charge is -2.36. The fraction of sp³-hybridized carbons (Fsp3) is 0.619. The topological polar surface area (TPSA) is 71.1 Å². The minimum atomic E-state index is -0.0487. The van der Waals surface area contributed by atoms with Gasteiger partial charge in [-0.1, -0.05) is 19.8 Å². The number of fused-ring (bicyclic) bond motifs is 1. The highest BCUT2D eigenvalue weighted by Gasteiger charge is 2.28. The van der Waals surface area contributed by atoms with Gasteiger partial charge in [0.1, 0.15) is 12.4 Å². The molecule has 7 heteroatoms. The fourth-order valence-corrected chi connectivity index (χ4v) is 3.58. The molecular formula is C21H31N3O4. The predicted molar refractivity (Wildman–Crippen MR) is 108 cm³/mol. The van der Waals surface area contributed by atoms with Crippen LogP contribution in [0.5, 0.6) is 5.75 Å². The molecule has 2 aliphatic heterocycles. The Labute approximate surface area is 167 Å². The molecule has 7 nitrogen and oxygen atoms in total. The van der Waals surface area contributed by atoms with Gasteiger partial charge in [-0.2, -0.15) is 0 Å². The van der Waals surface area contributed by atoms with Gasteiger partial charge in [-0.3, -0.25) is 9.59 Å². The normalized spacial score (nSPS) is 19.0. The molecule has 1 saturated heterocycles. The minimum absolute atomic E-state index is 0.00953. The van der Waals surface area contributed by atoms with Crippen LogP contribution in [0, 0.1) is 0 Å². The lowest BCUT2D eigenvalue weighted by molar-refractivity contribution is -0.121. The Morgan fingerprint density at radius 3 is 2.75 bits per heavy atom. The Bertz CT molecular complexity index is 688. The first-order chi connectivity index (χ1) is 13.6. The largest absolute Gasteiger partial charge is 0.489 e. The highest BCUT2D eigenvalue weighted by molar-refractivity contribution is 5.96. The third kappa shape index (κ3) is 4.95. The molecule has 1 fully saturated rings. The number of ether oxygens (including phenoxy) is 2. The van der Waals surface area contributed by atoms with E-state index in [-0.39, 0.29) is 17.9 Å². The zero-order chi connectivity index (χ0) is 19.9. The van der Waals surface area contributed by atoms with Gasteiger partial charge in [0.05, 0.1) is 31.4 Å². The minimum Gasteiger partial charge on any atom is -0.489 e. The number of hydrogen-bond acceptors (Lipinski definition) is 5. The van der Waals surface area contributed by atoms with E-state index in [1.807, 2.05) is 30.1 Å². The number of hydrogen-bond donors (Lipinski definition) is 1. The van der Waals surface area contributed by atoms with Crippen LogP contribution in [-0.4, -0.2) is 69.3 Å². The molecule has 2 aliphatic rings. The molecule has 2 heterocycles. The SMILES string of the molecule is CCCCCNC(=O)C[C@@H]1COc2ccc(C(=O)N3CCOCC3)cc2N1C. The van der Waals surface area contributed by atoms with E-state index in [4.69, 9.17) is 9.47 Å². The van der Waals surface area contributed by atoms with Crippen molar-refractivity contribution in [2.45, 2.75) is 38.6 Å². The van der Waals surface area contributed by atoms with E-state index in [2.05, 4.69) is 17.1 Å². The molecule has 0 bridgehead atoms. The number of nitrogens with one attached hydrogen (secondary N) is 1. The van der Waals surface area contributed by atoms with Crippen molar-refractivity contribution in [2.75, 3.05) is 51.4 Å². The second kappa shape index (κ2) is 9.78. The number of rotatable bonds is 7. The molecule has 0 radical (unpaired) electrons. The van der Waals surface area contributed by atoms with Crippen molar-refractivity contribution < 1.29 is 19.1 Å². The zero-order valence-corrected chi connectivity index (χ0v) is 16.9. The van der Waals surface area contributed by atoms with Crippen molar-refractivity contribution in [3.05, 3.63) is 23.8 Å². The second-order valence-electron chi connectivity index (χ2n) is 7.42. The quantitative estimate of drug-likeness (QED) is 0.723. The van der Waals surface area contributed by atoms with Crippen molar-refractivity contribution in [3.8, 4) is 5.75 Å². The summed E-state index contributed by atoms with van der Waals surface area (Å²) in [4.78, 5) is 28.9. The number of amides is 2. The monoisotopic (exact) mass is 389 g/mol. The van der Waals surface area contributed by atoms with E-state index in [9.17, 15) is 9.59 Å². The van der Waals surface area contributed by atoms with Crippen LogP contribution in [0.4, 0.5) is 5.69 Å². The Kier molecular flexibility index (Phi) is 7.14. The molecule has 154 valence electrons. The zero-order valence-electron chi connectivity index (χ0n) is 16.9. The Morgan fingerprint density at radius 2 is 2.00 bits per heavy atom. The summed E-state index contributed by atoms with van der Waals surface area (Å²) in [5, 5.41) is 2.99. The summed E-state index contributed by atoms with van der Waals surface area (Å²) in [7, 11) is 1.96. The molecule has 0 unspecified atom stereocenters. The molecule has 1 aromatic carbocycles. The molecule has 3 rings (SSSR count). The van der Waals surface area contributed by atoms with Crippen LogP contribution in [-0.2, 0) is 9.53 Å². The average molecular weight is 389 g/mol. The Hall–Kier alpha value is -2.28. The number of unbranched alkanes of at least 4 members (excludes halogenated alkanes) is 2. The van der Waals surface area contributed by atoms with Crippen molar-refractivity contribution in [1.82, 2.24) is 10.2 Å². The van der Waals surface area contributed by atoms with Crippen molar-refractivity contribution in [3.63, 3.8) is 0 Å². The van der Waals surface area contributed by atoms with Gasteiger partial charge in [-0.25, -0.2) is 0 Å². The third-order valence-electron chi connectivity index (χ3n) is 5.39. The summed E-state index contributed by atoms with van der Waals surface area (Å²) in [5.74, 6) is 0.802. The molecule has 0 aromatic heterocycles. The summed E-state index contributed by atoms with van der Waals surface area (Å²) in [5.41, 5.74) is 1.50. The summed E-state index contributed by atoms with van der Waals surface area (Å²) in [6, 6.07) is 5.48. The average Bonchev–Trinajstić information content (AvgIpc) is 2.73. The molecule has 28 heavy (non-hydrogen) atoms. The third-order valence-corrected chi connectivity index (χ3v) is 5.39. The maximum absolute atomic E-state index is 12.8. The lowest BCUT2D eigenvalue weighted by Crippen LogP contribution is -2.44. The highest BCUT2D eigenvalue weighted by atomic mass is 16.5. The molecule has 1 atom stereocenters. The van der Waals surface area contributed by atoms with E-state index in [1.54, 1.807) is 0 Å². The van der Waals surface area contributed by atoms with Gasteiger partial charge in [0.15, 0.2) is 0 Å². The fourth-order valence-electron chi connectivity index (χ4n) is 3.58. The summed E-state index contributed by atoms with van der Waals surface area (Å²) >= 11 is 0. The molecule has 0 spiro atoms. The van der Waals surface area contributed by atoms with Gasteiger partial charge in [0.2, 0.25) is 5.91 Å². The maximum atomic E-state index is 12.8. The van der Waals surface area contributed by atoms with E-state index in [1.165, 1.54) is 0 Å². The van der Waals surface area contributed by atoms with Gasteiger partial charge in [-0.05, 0) is 24.6 Å².